The normalized spacial score (nSPS) is 11.2. The van der Waals surface area contributed by atoms with Crippen LogP contribution < -0.4 is 21.9 Å². The van der Waals surface area contributed by atoms with Gasteiger partial charge in [0.15, 0.2) is 5.82 Å². The van der Waals surface area contributed by atoms with Crippen LogP contribution in [0.25, 0.3) is 10.9 Å². The number of aromatic nitrogens is 2. The van der Waals surface area contributed by atoms with E-state index in [4.69, 9.17) is 5.73 Å². The number of benzene rings is 2. The van der Waals surface area contributed by atoms with Crippen molar-refractivity contribution in [3.63, 3.8) is 0 Å². The van der Waals surface area contributed by atoms with Crippen molar-refractivity contribution in [2.45, 2.75) is 26.9 Å². The summed E-state index contributed by atoms with van der Waals surface area (Å²) in [7, 11) is 0. The molecule has 5 N–H and O–H groups in total. The van der Waals surface area contributed by atoms with Crippen LogP contribution in [0.4, 0.5) is 0 Å². The number of amides is 1. The Hall–Kier alpha value is -4.27. The molecule has 0 saturated heterocycles. The lowest BCUT2D eigenvalue weighted by atomic mass is 10.1. The number of allylic oxidation sites excluding steroid dienone is 1. The number of ketones is 2. The third-order valence-electron chi connectivity index (χ3n) is 4.75. The van der Waals surface area contributed by atoms with Crippen LogP contribution in [0.15, 0.2) is 59.2 Å². The Bertz CT molecular complexity index is 1290. The number of carbonyl (C=O) groups excluding carboxylic acids is 3. The summed E-state index contributed by atoms with van der Waals surface area (Å²) in [5, 5.41) is 6.09. The Morgan fingerprint density at radius 1 is 1.09 bits per heavy atom. The van der Waals surface area contributed by atoms with E-state index in [1.165, 1.54) is 6.20 Å². The van der Waals surface area contributed by atoms with Gasteiger partial charge in [0.1, 0.15) is 0 Å². The van der Waals surface area contributed by atoms with Gasteiger partial charge in [-0.25, -0.2) is 4.98 Å². The van der Waals surface area contributed by atoms with Gasteiger partial charge in [0.2, 0.25) is 11.6 Å². The zero-order valence-corrected chi connectivity index (χ0v) is 17.7. The number of hydrogen-bond donors (Lipinski definition) is 4. The summed E-state index contributed by atoms with van der Waals surface area (Å²) in [5.74, 6) is -1.92. The SMILES string of the molecule is CC(=O)C(=O)/C(N)=C/NCc1cccc(CNC(=O)c2nc3cccc(C)c3c(=O)[nH]2)c1. The molecule has 1 heterocycles. The van der Waals surface area contributed by atoms with Crippen molar-refractivity contribution >= 4 is 28.4 Å². The first-order chi connectivity index (χ1) is 15.3. The minimum Gasteiger partial charge on any atom is -0.394 e. The summed E-state index contributed by atoms with van der Waals surface area (Å²) in [6, 6.07) is 12.7. The van der Waals surface area contributed by atoms with Crippen molar-refractivity contribution in [1.29, 1.82) is 0 Å². The lowest BCUT2D eigenvalue weighted by Gasteiger charge is -2.08. The van der Waals surface area contributed by atoms with E-state index in [9.17, 15) is 19.2 Å². The molecular weight excluding hydrogens is 410 g/mol. The lowest BCUT2D eigenvalue weighted by molar-refractivity contribution is -0.133. The molecule has 1 amide bonds. The molecule has 0 aliphatic rings. The molecule has 1 aromatic heterocycles. The van der Waals surface area contributed by atoms with Gasteiger partial charge in [-0.05, 0) is 29.7 Å². The van der Waals surface area contributed by atoms with Crippen LogP contribution in [0, 0.1) is 6.92 Å². The van der Waals surface area contributed by atoms with Crippen molar-refractivity contribution < 1.29 is 14.4 Å². The van der Waals surface area contributed by atoms with Crippen LogP contribution in [0.3, 0.4) is 0 Å². The van der Waals surface area contributed by atoms with Gasteiger partial charge in [-0.2, -0.15) is 0 Å². The second-order valence-corrected chi connectivity index (χ2v) is 7.25. The highest BCUT2D eigenvalue weighted by molar-refractivity contribution is 6.42. The Morgan fingerprint density at radius 2 is 1.78 bits per heavy atom. The molecular formula is C23H23N5O4. The van der Waals surface area contributed by atoms with E-state index in [1.807, 2.05) is 37.3 Å². The zero-order chi connectivity index (χ0) is 23.3. The number of aromatic amines is 1. The highest BCUT2D eigenvalue weighted by atomic mass is 16.2. The topological polar surface area (TPSA) is 147 Å². The Balaban J connectivity index is 1.64. The molecule has 9 heteroatoms. The summed E-state index contributed by atoms with van der Waals surface area (Å²) >= 11 is 0. The van der Waals surface area contributed by atoms with Crippen molar-refractivity contribution in [2.24, 2.45) is 5.73 Å². The number of Topliss-reactive ketones (excluding diaryl/α,β-unsaturated/α-hetero) is 2. The van der Waals surface area contributed by atoms with Gasteiger partial charge in [-0.1, -0.05) is 36.4 Å². The third kappa shape index (κ3) is 5.25. The molecule has 9 nitrogen and oxygen atoms in total. The van der Waals surface area contributed by atoms with E-state index in [0.717, 1.165) is 23.6 Å². The number of aryl methyl sites for hydroxylation is 1. The first kappa shape index (κ1) is 22.4. The van der Waals surface area contributed by atoms with E-state index >= 15 is 0 Å². The first-order valence-electron chi connectivity index (χ1n) is 9.86. The number of rotatable bonds is 8. The molecule has 0 saturated carbocycles. The van der Waals surface area contributed by atoms with Crippen LogP contribution >= 0.6 is 0 Å². The molecule has 0 radical (unpaired) electrons. The maximum absolute atomic E-state index is 12.5. The van der Waals surface area contributed by atoms with Gasteiger partial charge in [-0.15, -0.1) is 0 Å². The highest BCUT2D eigenvalue weighted by Crippen LogP contribution is 2.11. The third-order valence-corrected chi connectivity index (χ3v) is 4.75. The second-order valence-electron chi connectivity index (χ2n) is 7.25. The monoisotopic (exact) mass is 433 g/mol. The number of nitrogens with one attached hydrogen (secondary N) is 3. The van der Waals surface area contributed by atoms with Crippen molar-refractivity contribution in [2.75, 3.05) is 0 Å². The maximum atomic E-state index is 12.5. The van der Waals surface area contributed by atoms with Crippen molar-refractivity contribution in [3.8, 4) is 0 Å². The standard InChI is InChI=1S/C23H23N5O4/c1-13-5-3-8-18-19(13)22(31)28-21(27-18)23(32)26-11-16-7-4-6-15(9-16)10-25-12-17(24)20(30)14(2)29/h3-9,12,25H,10-11,24H2,1-2H3,(H,26,32)(H,27,28,31)/b17-12-. The Labute approximate surface area is 183 Å². The number of nitrogens with zero attached hydrogens (tertiary/aromatic N) is 1. The van der Waals surface area contributed by atoms with E-state index in [0.29, 0.717) is 17.4 Å². The molecule has 164 valence electrons. The van der Waals surface area contributed by atoms with E-state index in [-0.39, 0.29) is 23.6 Å². The molecule has 3 rings (SSSR count). The molecule has 0 unspecified atom stereocenters. The number of carbonyl (C=O) groups is 3. The number of nitrogens with two attached hydrogens (primary N) is 1. The van der Waals surface area contributed by atoms with Crippen LogP contribution in [0.1, 0.15) is 34.2 Å². The molecule has 0 aliphatic heterocycles. The average Bonchev–Trinajstić information content (AvgIpc) is 2.76. The molecule has 0 fully saturated rings. The minimum atomic E-state index is -0.746. The molecule has 0 spiro atoms. The van der Waals surface area contributed by atoms with Crippen molar-refractivity contribution in [3.05, 3.63) is 87.2 Å². The second kappa shape index (κ2) is 9.69. The predicted octanol–water partition coefficient (Wildman–Crippen LogP) is 1.21. The fourth-order valence-corrected chi connectivity index (χ4v) is 3.13. The fraction of sp³-hybridized carbons (Fsp3) is 0.174. The number of H-pyrrole nitrogens is 1. The fourth-order valence-electron chi connectivity index (χ4n) is 3.13. The zero-order valence-electron chi connectivity index (χ0n) is 17.7. The van der Waals surface area contributed by atoms with Gasteiger partial charge in [-0.3, -0.25) is 19.2 Å². The van der Waals surface area contributed by atoms with Crippen molar-refractivity contribution in [1.82, 2.24) is 20.6 Å². The Morgan fingerprint density at radius 3 is 2.50 bits per heavy atom. The van der Waals surface area contributed by atoms with Crippen LogP contribution in [0.5, 0.6) is 0 Å². The average molecular weight is 433 g/mol. The molecule has 3 aromatic rings. The number of fused-ring (bicyclic) bond motifs is 1. The van der Waals surface area contributed by atoms with Crippen LogP contribution in [0.2, 0.25) is 0 Å². The van der Waals surface area contributed by atoms with Crippen LogP contribution in [-0.4, -0.2) is 27.4 Å². The van der Waals surface area contributed by atoms with E-state index in [2.05, 4.69) is 20.6 Å². The maximum Gasteiger partial charge on any atom is 0.287 e. The predicted molar refractivity (Wildman–Crippen MR) is 120 cm³/mol. The smallest absolute Gasteiger partial charge is 0.287 e. The molecule has 0 aliphatic carbocycles. The van der Waals surface area contributed by atoms with E-state index in [1.54, 1.807) is 12.1 Å². The highest BCUT2D eigenvalue weighted by Gasteiger charge is 2.13. The summed E-state index contributed by atoms with van der Waals surface area (Å²) in [6.07, 6.45) is 1.29. The first-order valence-corrected chi connectivity index (χ1v) is 9.86. The summed E-state index contributed by atoms with van der Waals surface area (Å²) < 4.78 is 0. The van der Waals surface area contributed by atoms with Gasteiger partial charge in [0.05, 0.1) is 16.6 Å². The molecule has 0 atom stereocenters. The molecule has 2 aromatic carbocycles. The number of hydrogen-bond acceptors (Lipinski definition) is 7. The minimum absolute atomic E-state index is 0.0540. The summed E-state index contributed by atoms with van der Waals surface area (Å²) in [6.45, 7) is 3.56. The van der Waals surface area contributed by atoms with E-state index < -0.39 is 17.5 Å². The molecule has 32 heavy (non-hydrogen) atoms. The van der Waals surface area contributed by atoms with Gasteiger partial charge in [0, 0.05) is 26.2 Å². The van der Waals surface area contributed by atoms with Gasteiger partial charge >= 0.3 is 0 Å². The lowest BCUT2D eigenvalue weighted by Crippen LogP contribution is -2.27. The van der Waals surface area contributed by atoms with Gasteiger partial charge in [0.25, 0.3) is 11.5 Å². The summed E-state index contributed by atoms with van der Waals surface area (Å²) in [4.78, 5) is 54.1. The summed E-state index contributed by atoms with van der Waals surface area (Å²) in [5.41, 5.74) is 7.99. The molecule has 0 bridgehead atoms. The van der Waals surface area contributed by atoms with Gasteiger partial charge < -0.3 is 21.4 Å². The Kier molecular flexibility index (Phi) is 6.79. The van der Waals surface area contributed by atoms with Crippen LogP contribution in [-0.2, 0) is 22.7 Å². The quantitative estimate of drug-likeness (QED) is 0.308. The largest absolute Gasteiger partial charge is 0.394 e.